The summed E-state index contributed by atoms with van der Waals surface area (Å²) in [4.78, 5) is 11.0. The highest BCUT2D eigenvalue weighted by Gasteiger charge is 2.40. The van der Waals surface area contributed by atoms with Gasteiger partial charge in [0, 0.05) is 0 Å². The number of benzene rings is 1. The Hall–Kier alpha value is -2.31. The van der Waals surface area contributed by atoms with E-state index in [4.69, 9.17) is 5.73 Å². The average Bonchev–Trinajstić information content (AvgIpc) is 2.87. The predicted molar refractivity (Wildman–Crippen MR) is 68.4 cm³/mol. The smallest absolute Gasteiger partial charge is 0.365 e. The van der Waals surface area contributed by atoms with Crippen molar-refractivity contribution in [2.24, 2.45) is 5.73 Å². The molecule has 1 heterocycles. The number of halogens is 3. The van der Waals surface area contributed by atoms with Crippen LogP contribution in [-0.2, 0) is 6.18 Å². The molecule has 2 N–H and O–H groups in total. The summed E-state index contributed by atoms with van der Waals surface area (Å²) in [5.74, 6) is -1.16. The van der Waals surface area contributed by atoms with Crippen LogP contribution in [0.4, 0.5) is 13.2 Å². The molecule has 1 aromatic heterocycles. The van der Waals surface area contributed by atoms with Crippen molar-refractivity contribution in [1.29, 1.82) is 0 Å². The highest BCUT2D eigenvalue weighted by atomic mass is 19.4. The van der Waals surface area contributed by atoms with Crippen molar-refractivity contribution in [2.45, 2.75) is 20.0 Å². The van der Waals surface area contributed by atoms with Gasteiger partial charge >= 0.3 is 6.18 Å². The van der Waals surface area contributed by atoms with Crippen molar-refractivity contribution in [3.63, 3.8) is 0 Å². The lowest BCUT2D eigenvalue weighted by molar-refractivity contribution is -0.143. The number of alkyl halides is 3. The third kappa shape index (κ3) is 3.17. The topological polar surface area (TPSA) is 60.9 Å². The summed E-state index contributed by atoms with van der Waals surface area (Å²) in [6.07, 6.45) is -3.89. The fourth-order valence-electron chi connectivity index (χ4n) is 1.57. The van der Waals surface area contributed by atoms with E-state index in [-0.39, 0.29) is 5.69 Å². The largest absolute Gasteiger partial charge is 0.434 e. The molecule has 0 aliphatic heterocycles. The predicted octanol–water partition coefficient (Wildman–Crippen LogP) is 3.02. The zero-order valence-electron chi connectivity index (χ0n) is 11.0. The van der Waals surface area contributed by atoms with Gasteiger partial charge in [0.05, 0.1) is 17.4 Å². The molecule has 2 aromatic rings. The second-order valence-electron chi connectivity index (χ2n) is 3.52. The van der Waals surface area contributed by atoms with Crippen molar-refractivity contribution in [3.8, 4) is 5.69 Å². The Morgan fingerprint density at radius 3 is 2.20 bits per heavy atom. The van der Waals surface area contributed by atoms with E-state index >= 15 is 0 Å². The standard InChI is InChI=1S/C11H8F3N3O.C2H6/c12-11(13,14)9-8(10(15)18)6-16-17(9)7-4-2-1-3-5-7;1-2/h1-6H,(H2,15,18);1-2H3. The maximum atomic E-state index is 12.9. The molecule has 0 radical (unpaired) electrons. The van der Waals surface area contributed by atoms with Crippen LogP contribution in [-0.4, -0.2) is 15.7 Å². The van der Waals surface area contributed by atoms with E-state index in [9.17, 15) is 18.0 Å². The molecule has 4 nitrogen and oxygen atoms in total. The molecule has 7 heteroatoms. The number of hydrogen-bond donors (Lipinski definition) is 1. The fraction of sp³-hybridized carbons (Fsp3) is 0.231. The summed E-state index contributed by atoms with van der Waals surface area (Å²) in [6, 6.07) is 7.71. The van der Waals surface area contributed by atoms with Gasteiger partial charge in [-0.25, -0.2) is 4.68 Å². The van der Waals surface area contributed by atoms with Gasteiger partial charge in [-0.15, -0.1) is 0 Å². The summed E-state index contributed by atoms with van der Waals surface area (Å²) in [5.41, 5.74) is 3.30. The van der Waals surface area contributed by atoms with Crippen LogP contribution in [0.3, 0.4) is 0 Å². The Bertz CT molecular complexity index is 576. The van der Waals surface area contributed by atoms with Crippen molar-refractivity contribution >= 4 is 5.91 Å². The second kappa shape index (κ2) is 6.23. The number of para-hydroxylation sites is 1. The maximum absolute atomic E-state index is 12.9. The van der Waals surface area contributed by atoms with Crippen LogP contribution in [0.15, 0.2) is 36.5 Å². The zero-order chi connectivity index (χ0) is 15.3. The van der Waals surface area contributed by atoms with Crippen LogP contribution in [0.25, 0.3) is 5.69 Å². The van der Waals surface area contributed by atoms with E-state index < -0.39 is 23.3 Å². The molecule has 0 fully saturated rings. The van der Waals surface area contributed by atoms with Crippen LogP contribution < -0.4 is 5.73 Å². The number of nitrogens with two attached hydrogens (primary N) is 1. The molecule has 0 aliphatic carbocycles. The number of nitrogens with zero attached hydrogens (tertiary/aromatic N) is 2. The monoisotopic (exact) mass is 285 g/mol. The van der Waals surface area contributed by atoms with Crippen LogP contribution in [0, 0.1) is 0 Å². The number of carbonyl (C=O) groups is 1. The van der Waals surface area contributed by atoms with E-state index in [0.29, 0.717) is 4.68 Å². The summed E-state index contributed by atoms with van der Waals surface area (Å²) in [5, 5.41) is 3.57. The Labute approximate surface area is 114 Å². The van der Waals surface area contributed by atoms with E-state index in [1.165, 1.54) is 12.1 Å². The van der Waals surface area contributed by atoms with Crippen LogP contribution in [0.1, 0.15) is 29.9 Å². The molecule has 0 unspecified atom stereocenters. The zero-order valence-corrected chi connectivity index (χ0v) is 11.0. The van der Waals surface area contributed by atoms with Crippen molar-refractivity contribution in [3.05, 3.63) is 47.8 Å². The highest BCUT2D eigenvalue weighted by molar-refractivity contribution is 5.94. The van der Waals surface area contributed by atoms with E-state index in [2.05, 4.69) is 5.10 Å². The SMILES string of the molecule is CC.NC(=O)c1cnn(-c2ccccc2)c1C(F)(F)F. The van der Waals surface area contributed by atoms with Gasteiger partial charge < -0.3 is 5.73 Å². The fourth-order valence-corrected chi connectivity index (χ4v) is 1.57. The van der Waals surface area contributed by atoms with E-state index in [0.717, 1.165) is 6.20 Å². The van der Waals surface area contributed by atoms with Gasteiger partial charge in [-0.1, -0.05) is 32.0 Å². The van der Waals surface area contributed by atoms with Gasteiger partial charge in [0.25, 0.3) is 5.91 Å². The lowest BCUT2D eigenvalue weighted by Crippen LogP contribution is -2.20. The quantitative estimate of drug-likeness (QED) is 0.922. The first-order chi connectivity index (χ1) is 9.41. The van der Waals surface area contributed by atoms with E-state index in [1.807, 2.05) is 13.8 Å². The first kappa shape index (κ1) is 15.7. The molecule has 0 aliphatic rings. The lowest BCUT2D eigenvalue weighted by Gasteiger charge is -2.11. The van der Waals surface area contributed by atoms with Gasteiger partial charge in [-0.3, -0.25) is 4.79 Å². The van der Waals surface area contributed by atoms with Gasteiger partial charge in [-0.2, -0.15) is 18.3 Å². The molecule has 108 valence electrons. The summed E-state index contributed by atoms with van der Waals surface area (Å²) in [7, 11) is 0. The molecule has 0 spiro atoms. The molecule has 0 saturated heterocycles. The maximum Gasteiger partial charge on any atom is 0.434 e. The molecular weight excluding hydrogens is 271 g/mol. The van der Waals surface area contributed by atoms with Gasteiger partial charge in [0.15, 0.2) is 5.69 Å². The van der Waals surface area contributed by atoms with Crippen LogP contribution in [0.5, 0.6) is 0 Å². The number of rotatable bonds is 2. The molecule has 1 amide bonds. The third-order valence-electron chi connectivity index (χ3n) is 2.30. The highest BCUT2D eigenvalue weighted by Crippen LogP contribution is 2.33. The summed E-state index contributed by atoms with van der Waals surface area (Å²) >= 11 is 0. The van der Waals surface area contributed by atoms with Crippen LogP contribution in [0.2, 0.25) is 0 Å². The average molecular weight is 285 g/mol. The minimum atomic E-state index is -4.71. The molecule has 1 aromatic carbocycles. The number of aromatic nitrogens is 2. The van der Waals surface area contributed by atoms with Crippen molar-refractivity contribution < 1.29 is 18.0 Å². The normalized spacial score (nSPS) is 10.7. The minimum Gasteiger partial charge on any atom is -0.365 e. The third-order valence-corrected chi connectivity index (χ3v) is 2.30. The first-order valence-electron chi connectivity index (χ1n) is 5.91. The van der Waals surface area contributed by atoms with Crippen molar-refractivity contribution in [2.75, 3.05) is 0 Å². The van der Waals surface area contributed by atoms with Gasteiger partial charge in [0.2, 0.25) is 0 Å². The number of carbonyl (C=O) groups excluding carboxylic acids is 1. The van der Waals surface area contributed by atoms with Crippen LogP contribution >= 0.6 is 0 Å². The Morgan fingerprint density at radius 2 is 1.75 bits per heavy atom. The second-order valence-corrected chi connectivity index (χ2v) is 3.52. The number of hydrogen-bond acceptors (Lipinski definition) is 2. The van der Waals surface area contributed by atoms with Crippen molar-refractivity contribution in [1.82, 2.24) is 9.78 Å². The number of amides is 1. The van der Waals surface area contributed by atoms with E-state index in [1.54, 1.807) is 18.2 Å². The Balaban J connectivity index is 0.000000956. The summed E-state index contributed by atoms with van der Waals surface area (Å²) < 4.78 is 39.4. The lowest BCUT2D eigenvalue weighted by atomic mass is 10.2. The first-order valence-corrected chi connectivity index (χ1v) is 5.91. The molecule has 2 rings (SSSR count). The molecule has 20 heavy (non-hydrogen) atoms. The summed E-state index contributed by atoms with van der Waals surface area (Å²) in [6.45, 7) is 4.00. The molecule has 0 saturated carbocycles. The minimum absolute atomic E-state index is 0.206. The molecule has 0 atom stereocenters. The number of primary amides is 1. The Kier molecular flexibility index (Phi) is 4.90. The van der Waals surface area contributed by atoms with Gasteiger partial charge in [-0.05, 0) is 12.1 Å². The van der Waals surface area contributed by atoms with Gasteiger partial charge in [0.1, 0.15) is 0 Å². The molecule has 0 bridgehead atoms. The Morgan fingerprint density at radius 1 is 1.20 bits per heavy atom. The molecular formula is C13H14F3N3O.